The molecule has 2 N–H and O–H groups in total. The van der Waals surface area contributed by atoms with E-state index in [9.17, 15) is 23.1 Å². The van der Waals surface area contributed by atoms with Gasteiger partial charge in [0.25, 0.3) is 0 Å². The molecule has 2 atom stereocenters. The van der Waals surface area contributed by atoms with Gasteiger partial charge in [-0.25, -0.2) is 4.79 Å². The van der Waals surface area contributed by atoms with Crippen molar-refractivity contribution < 1.29 is 23.1 Å². The van der Waals surface area contributed by atoms with Crippen LogP contribution in [0.2, 0.25) is 0 Å². The van der Waals surface area contributed by atoms with E-state index in [2.05, 4.69) is 5.32 Å². The zero-order chi connectivity index (χ0) is 18.1. The molecule has 0 aliphatic carbocycles. The van der Waals surface area contributed by atoms with Crippen molar-refractivity contribution >= 4 is 17.4 Å². The van der Waals surface area contributed by atoms with Crippen molar-refractivity contribution in [1.29, 1.82) is 0 Å². The number of hydrogen-bond donors (Lipinski definition) is 2. The van der Waals surface area contributed by atoms with Crippen molar-refractivity contribution in [2.24, 2.45) is 0 Å². The molecule has 1 aliphatic heterocycles. The van der Waals surface area contributed by atoms with Crippen LogP contribution in [-0.4, -0.2) is 55.0 Å². The summed E-state index contributed by atoms with van der Waals surface area (Å²) in [4.78, 5) is 15.3. The number of alkyl halides is 3. The topological polar surface area (TPSA) is 55.8 Å². The van der Waals surface area contributed by atoms with Gasteiger partial charge in [-0.2, -0.15) is 13.2 Å². The summed E-state index contributed by atoms with van der Waals surface area (Å²) in [6.45, 7) is 2.08. The Labute approximate surface area is 139 Å². The predicted octanol–water partition coefficient (Wildman–Crippen LogP) is 2.98. The third kappa shape index (κ3) is 3.92. The van der Waals surface area contributed by atoms with Gasteiger partial charge in [0, 0.05) is 32.0 Å². The molecule has 0 saturated carbocycles. The Morgan fingerprint density at radius 2 is 2.08 bits per heavy atom. The van der Waals surface area contributed by atoms with Crippen LogP contribution >= 0.6 is 0 Å². The zero-order valence-corrected chi connectivity index (χ0v) is 13.9. The van der Waals surface area contributed by atoms with Gasteiger partial charge in [0.1, 0.15) is 0 Å². The van der Waals surface area contributed by atoms with Crippen molar-refractivity contribution in [2.75, 3.05) is 30.9 Å². The summed E-state index contributed by atoms with van der Waals surface area (Å²) in [5, 5.41) is 12.1. The predicted molar refractivity (Wildman–Crippen MR) is 86.3 cm³/mol. The van der Waals surface area contributed by atoms with E-state index in [0.29, 0.717) is 12.1 Å². The van der Waals surface area contributed by atoms with E-state index in [0.717, 1.165) is 16.2 Å². The van der Waals surface area contributed by atoms with Crippen molar-refractivity contribution in [3.05, 3.63) is 23.8 Å². The van der Waals surface area contributed by atoms with Crippen LogP contribution < -0.4 is 10.2 Å². The van der Waals surface area contributed by atoms with Gasteiger partial charge < -0.3 is 20.2 Å². The lowest BCUT2D eigenvalue weighted by Gasteiger charge is -2.30. The smallest absolute Gasteiger partial charge is 0.382 e. The molecule has 2 amide bonds. The average molecular weight is 345 g/mol. The number of nitrogens with one attached hydrogen (secondary N) is 1. The van der Waals surface area contributed by atoms with Crippen LogP contribution in [0, 0.1) is 6.92 Å². The van der Waals surface area contributed by atoms with E-state index in [1.165, 1.54) is 0 Å². The molecule has 8 heteroatoms. The first kappa shape index (κ1) is 18.4. The maximum Gasteiger partial charge on any atom is 0.416 e. The van der Waals surface area contributed by atoms with Gasteiger partial charge in [0.05, 0.1) is 6.04 Å². The van der Waals surface area contributed by atoms with E-state index in [-0.39, 0.29) is 13.0 Å². The Hall–Kier alpha value is -1.96. The SMILES string of the molecule is Cc1cc(NC(=O)N2CCC[C@@H]2[C@H](O)C(F)(F)F)ccc1N(C)C. The van der Waals surface area contributed by atoms with Crippen LogP contribution in [-0.2, 0) is 0 Å². The molecule has 2 rings (SSSR count). The van der Waals surface area contributed by atoms with E-state index >= 15 is 0 Å². The van der Waals surface area contributed by atoms with Crippen molar-refractivity contribution in [1.82, 2.24) is 4.90 Å². The Bertz CT molecular complexity index is 605. The molecule has 0 unspecified atom stereocenters. The lowest BCUT2D eigenvalue weighted by molar-refractivity contribution is -0.216. The maximum atomic E-state index is 12.7. The minimum absolute atomic E-state index is 0.132. The van der Waals surface area contributed by atoms with Gasteiger partial charge in [0.2, 0.25) is 0 Å². The van der Waals surface area contributed by atoms with E-state index < -0.39 is 24.4 Å². The van der Waals surface area contributed by atoms with Crippen LogP contribution in [0.1, 0.15) is 18.4 Å². The highest BCUT2D eigenvalue weighted by Crippen LogP contribution is 2.31. The second kappa shape index (κ2) is 6.88. The molecule has 1 aromatic rings. The highest BCUT2D eigenvalue weighted by atomic mass is 19.4. The number of likely N-dealkylation sites (tertiary alicyclic amines) is 1. The number of benzene rings is 1. The summed E-state index contributed by atoms with van der Waals surface area (Å²) in [6, 6.07) is 3.42. The number of nitrogens with zero attached hydrogens (tertiary/aromatic N) is 2. The average Bonchev–Trinajstić information content (AvgIpc) is 2.94. The number of amides is 2. The van der Waals surface area contributed by atoms with Crippen LogP contribution in [0.5, 0.6) is 0 Å². The number of halogens is 3. The standard InChI is InChI=1S/C16H22F3N3O2/c1-10-9-11(6-7-12(10)21(2)3)20-15(24)22-8-4-5-13(22)14(23)16(17,18)19/h6-7,9,13-14,23H,4-5,8H2,1-3H3,(H,20,24)/t13-,14+/m1/s1. The van der Waals surface area contributed by atoms with Gasteiger partial charge >= 0.3 is 12.2 Å². The quantitative estimate of drug-likeness (QED) is 0.886. The largest absolute Gasteiger partial charge is 0.416 e. The van der Waals surface area contributed by atoms with Crippen LogP contribution in [0.25, 0.3) is 0 Å². The highest BCUT2D eigenvalue weighted by Gasteiger charge is 2.48. The minimum Gasteiger partial charge on any atom is -0.382 e. The van der Waals surface area contributed by atoms with Crippen molar-refractivity contribution in [3.63, 3.8) is 0 Å². The Kier molecular flexibility index (Phi) is 5.27. The molecule has 0 bridgehead atoms. The monoisotopic (exact) mass is 345 g/mol. The number of aryl methyl sites for hydroxylation is 1. The number of urea groups is 1. The molecule has 134 valence electrons. The van der Waals surface area contributed by atoms with Crippen molar-refractivity contribution in [3.8, 4) is 0 Å². The number of rotatable bonds is 3. The molecule has 1 saturated heterocycles. The van der Waals surface area contributed by atoms with E-state index in [4.69, 9.17) is 0 Å². The van der Waals surface area contributed by atoms with Crippen molar-refractivity contribution in [2.45, 2.75) is 38.1 Å². The fraction of sp³-hybridized carbons (Fsp3) is 0.562. The molecule has 0 radical (unpaired) electrons. The third-order valence-corrected chi connectivity index (χ3v) is 4.19. The summed E-state index contributed by atoms with van der Waals surface area (Å²) in [6.07, 6.45) is -6.70. The lowest BCUT2D eigenvalue weighted by Crippen LogP contribution is -2.50. The molecule has 5 nitrogen and oxygen atoms in total. The van der Waals surface area contributed by atoms with Crippen LogP contribution in [0.15, 0.2) is 18.2 Å². The lowest BCUT2D eigenvalue weighted by atomic mass is 10.1. The third-order valence-electron chi connectivity index (χ3n) is 4.19. The van der Waals surface area contributed by atoms with Gasteiger partial charge in [-0.3, -0.25) is 0 Å². The van der Waals surface area contributed by atoms with Gasteiger partial charge in [-0.05, 0) is 43.5 Å². The number of carbonyl (C=O) groups excluding carboxylic acids is 1. The number of carbonyl (C=O) groups is 1. The Balaban J connectivity index is 2.10. The number of aliphatic hydroxyl groups excluding tert-OH is 1. The van der Waals surface area contributed by atoms with E-state index in [1.54, 1.807) is 12.1 Å². The number of anilines is 2. The maximum absolute atomic E-state index is 12.7. The van der Waals surface area contributed by atoms with Crippen LogP contribution in [0.3, 0.4) is 0 Å². The Morgan fingerprint density at radius 3 is 2.62 bits per heavy atom. The first-order valence-electron chi connectivity index (χ1n) is 7.71. The minimum atomic E-state index is -4.74. The van der Waals surface area contributed by atoms with Crippen LogP contribution in [0.4, 0.5) is 29.3 Å². The fourth-order valence-corrected chi connectivity index (χ4v) is 3.02. The number of hydrogen-bond acceptors (Lipinski definition) is 3. The van der Waals surface area contributed by atoms with Gasteiger partial charge in [-0.15, -0.1) is 0 Å². The van der Waals surface area contributed by atoms with E-state index in [1.807, 2.05) is 32.0 Å². The number of aliphatic hydroxyl groups is 1. The molecular weight excluding hydrogens is 323 g/mol. The molecule has 1 aromatic carbocycles. The highest BCUT2D eigenvalue weighted by molar-refractivity contribution is 5.90. The normalized spacial score (nSPS) is 19.3. The zero-order valence-electron chi connectivity index (χ0n) is 13.9. The molecule has 1 heterocycles. The molecule has 24 heavy (non-hydrogen) atoms. The molecule has 0 spiro atoms. The van der Waals surface area contributed by atoms with Gasteiger partial charge in [-0.1, -0.05) is 0 Å². The molecule has 0 aromatic heterocycles. The summed E-state index contributed by atoms with van der Waals surface area (Å²) >= 11 is 0. The molecule has 1 fully saturated rings. The molecule has 1 aliphatic rings. The first-order chi connectivity index (χ1) is 11.1. The molecular formula is C16H22F3N3O2. The fourth-order valence-electron chi connectivity index (χ4n) is 3.02. The summed E-state index contributed by atoms with van der Waals surface area (Å²) in [7, 11) is 3.79. The van der Waals surface area contributed by atoms with Gasteiger partial charge in [0.15, 0.2) is 6.10 Å². The Morgan fingerprint density at radius 1 is 1.42 bits per heavy atom. The summed E-state index contributed by atoms with van der Waals surface area (Å²) < 4.78 is 38.2. The summed E-state index contributed by atoms with van der Waals surface area (Å²) in [5.74, 6) is 0. The second-order valence-electron chi connectivity index (χ2n) is 6.22. The second-order valence-corrected chi connectivity index (χ2v) is 6.22. The summed E-state index contributed by atoms with van der Waals surface area (Å²) in [5.41, 5.74) is 2.43. The first-order valence-corrected chi connectivity index (χ1v) is 7.71.